The molecule has 0 spiro atoms. The first-order valence-electron chi connectivity index (χ1n) is 7.38. The van der Waals surface area contributed by atoms with Gasteiger partial charge in [0.1, 0.15) is 0 Å². The van der Waals surface area contributed by atoms with Crippen molar-refractivity contribution in [2.75, 3.05) is 0 Å². The van der Waals surface area contributed by atoms with Crippen LogP contribution in [-0.2, 0) is 10.3 Å². The fourth-order valence-electron chi connectivity index (χ4n) is 2.31. The molecule has 2 heteroatoms. The topological polar surface area (TPSA) is 29.1 Å². The minimum absolute atomic E-state index is 0.142. The predicted molar refractivity (Wildman–Crippen MR) is 80.9 cm³/mol. The zero-order valence-corrected chi connectivity index (χ0v) is 12.7. The molecule has 0 fully saturated rings. The van der Waals surface area contributed by atoms with Crippen molar-refractivity contribution in [3.63, 3.8) is 0 Å². The Balaban J connectivity index is 2.69. The van der Waals surface area contributed by atoms with Gasteiger partial charge in [0.25, 0.3) is 0 Å². The maximum absolute atomic E-state index is 12.4. The van der Waals surface area contributed by atoms with Crippen LogP contribution in [0.25, 0.3) is 0 Å². The van der Waals surface area contributed by atoms with E-state index in [1.54, 1.807) is 0 Å². The van der Waals surface area contributed by atoms with Crippen LogP contribution in [0.1, 0.15) is 58.9 Å². The Bertz CT molecular complexity index is 384. The average molecular weight is 261 g/mol. The van der Waals surface area contributed by atoms with Crippen LogP contribution < -0.4 is 5.32 Å². The zero-order valence-electron chi connectivity index (χ0n) is 12.7. The Morgan fingerprint density at radius 1 is 1.21 bits per heavy atom. The summed E-state index contributed by atoms with van der Waals surface area (Å²) in [7, 11) is 0. The molecule has 0 saturated carbocycles. The van der Waals surface area contributed by atoms with E-state index in [9.17, 15) is 4.79 Å². The van der Waals surface area contributed by atoms with Gasteiger partial charge in [0.2, 0.25) is 5.91 Å². The third-order valence-electron chi connectivity index (χ3n) is 3.70. The Labute approximate surface area is 117 Å². The zero-order chi connectivity index (χ0) is 14.3. The Morgan fingerprint density at radius 3 is 2.37 bits per heavy atom. The molecule has 1 aromatic rings. The summed E-state index contributed by atoms with van der Waals surface area (Å²) >= 11 is 0. The molecule has 0 aliphatic carbocycles. The molecule has 0 aliphatic heterocycles. The largest absolute Gasteiger partial charge is 0.347 e. The van der Waals surface area contributed by atoms with Gasteiger partial charge in [-0.05, 0) is 32.3 Å². The van der Waals surface area contributed by atoms with Crippen molar-refractivity contribution in [3.05, 3.63) is 35.9 Å². The molecule has 0 bridgehead atoms. The predicted octanol–water partition coefficient (Wildman–Crippen LogP) is 4.25. The van der Waals surface area contributed by atoms with Gasteiger partial charge in [0.05, 0.1) is 5.54 Å². The first-order chi connectivity index (χ1) is 9.01. The van der Waals surface area contributed by atoms with Gasteiger partial charge in [0.15, 0.2) is 0 Å². The van der Waals surface area contributed by atoms with Crippen molar-refractivity contribution in [2.24, 2.45) is 5.92 Å². The van der Waals surface area contributed by atoms with Gasteiger partial charge in [-0.2, -0.15) is 0 Å². The Morgan fingerprint density at radius 2 is 1.84 bits per heavy atom. The number of hydrogen-bond donors (Lipinski definition) is 1. The van der Waals surface area contributed by atoms with E-state index in [4.69, 9.17) is 0 Å². The van der Waals surface area contributed by atoms with Crippen LogP contribution in [0.5, 0.6) is 0 Å². The van der Waals surface area contributed by atoms with Crippen LogP contribution in [0.15, 0.2) is 30.3 Å². The smallest absolute Gasteiger partial charge is 0.223 e. The van der Waals surface area contributed by atoms with Gasteiger partial charge in [-0.1, -0.05) is 57.0 Å². The van der Waals surface area contributed by atoms with Gasteiger partial charge >= 0.3 is 0 Å². The number of carbonyl (C=O) groups is 1. The molecule has 0 heterocycles. The minimum Gasteiger partial charge on any atom is -0.347 e. The van der Waals surface area contributed by atoms with Crippen LogP contribution in [0.2, 0.25) is 0 Å². The van der Waals surface area contributed by atoms with Gasteiger partial charge in [-0.15, -0.1) is 0 Å². The van der Waals surface area contributed by atoms with E-state index >= 15 is 0 Å². The highest BCUT2D eigenvalue weighted by molar-refractivity contribution is 5.79. The minimum atomic E-state index is -0.308. The Hall–Kier alpha value is -1.31. The van der Waals surface area contributed by atoms with Crippen molar-refractivity contribution in [1.82, 2.24) is 5.32 Å². The maximum atomic E-state index is 12.4. The fraction of sp³-hybridized carbons (Fsp3) is 0.588. The molecule has 0 radical (unpaired) electrons. The van der Waals surface area contributed by atoms with E-state index in [-0.39, 0.29) is 17.4 Å². The van der Waals surface area contributed by atoms with Crippen LogP contribution in [0, 0.1) is 5.92 Å². The molecule has 0 aromatic heterocycles. The molecule has 2 nitrogen and oxygen atoms in total. The highest BCUT2D eigenvalue weighted by Gasteiger charge is 2.25. The summed E-state index contributed by atoms with van der Waals surface area (Å²) < 4.78 is 0. The van der Waals surface area contributed by atoms with E-state index in [1.807, 2.05) is 18.2 Å². The molecule has 1 unspecified atom stereocenters. The number of carbonyl (C=O) groups excluding carboxylic acids is 1. The maximum Gasteiger partial charge on any atom is 0.223 e. The second kappa shape index (κ2) is 7.32. The summed E-state index contributed by atoms with van der Waals surface area (Å²) in [4.78, 5) is 12.4. The molecular formula is C17H27NO. The van der Waals surface area contributed by atoms with Crippen molar-refractivity contribution in [2.45, 2.75) is 58.9 Å². The lowest BCUT2D eigenvalue weighted by molar-refractivity contribution is -0.127. The summed E-state index contributed by atoms with van der Waals surface area (Å²) in [5.74, 6) is 0.327. The molecule has 1 amide bonds. The van der Waals surface area contributed by atoms with E-state index in [1.165, 1.54) is 0 Å². The summed E-state index contributed by atoms with van der Waals surface area (Å²) in [5.41, 5.74) is 0.839. The molecule has 1 atom stereocenters. The lowest BCUT2D eigenvalue weighted by Crippen LogP contribution is -2.43. The second-order valence-corrected chi connectivity index (χ2v) is 5.73. The number of benzene rings is 1. The van der Waals surface area contributed by atoms with Gasteiger partial charge in [0, 0.05) is 5.92 Å². The van der Waals surface area contributed by atoms with Gasteiger partial charge < -0.3 is 5.32 Å². The first-order valence-corrected chi connectivity index (χ1v) is 7.38. The third kappa shape index (κ3) is 4.70. The highest BCUT2D eigenvalue weighted by Crippen LogP contribution is 2.21. The van der Waals surface area contributed by atoms with Crippen molar-refractivity contribution in [3.8, 4) is 0 Å². The standard InChI is InChI=1S/C17H27NO/c1-5-7-11-14(6-2)16(19)18-17(3,4)15-12-9-8-10-13-15/h8-10,12-14H,5-7,11H2,1-4H3,(H,18,19). The molecule has 1 N–H and O–H groups in total. The summed E-state index contributed by atoms with van der Waals surface area (Å²) in [6.07, 6.45) is 4.17. The van der Waals surface area contributed by atoms with E-state index < -0.39 is 0 Å². The quantitative estimate of drug-likeness (QED) is 0.781. The lowest BCUT2D eigenvalue weighted by Gasteiger charge is -2.29. The van der Waals surface area contributed by atoms with Crippen LogP contribution in [0.4, 0.5) is 0 Å². The lowest BCUT2D eigenvalue weighted by atomic mass is 9.91. The molecule has 19 heavy (non-hydrogen) atoms. The van der Waals surface area contributed by atoms with Gasteiger partial charge in [-0.3, -0.25) is 4.79 Å². The number of nitrogens with one attached hydrogen (secondary N) is 1. The molecular weight excluding hydrogens is 234 g/mol. The van der Waals surface area contributed by atoms with Crippen LogP contribution >= 0.6 is 0 Å². The highest BCUT2D eigenvalue weighted by atomic mass is 16.2. The summed E-state index contributed by atoms with van der Waals surface area (Å²) in [6.45, 7) is 8.38. The van der Waals surface area contributed by atoms with E-state index in [0.717, 1.165) is 31.2 Å². The van der Waals surface area contributed by atoms with E-state index in [0.29, 0.717) is 0 Å². The molecule has 1 aromatic carbocycles. The molecule has 106 valence electrons. The van der Waals surface area contributed by atoms with Crippen molar-refractivity contribution >= 4 is 5.91 Å². The van der Waals surface area contributed by atoms with E-state index in [2.05, 4.69) is 45.1 Å². The molecule has 1 rings (SSSR count). The van der Waals surface area contributed by atoms with Gasteiger partial charge in [-0.25, -0.2) is 0 Å². The SMILES string of the molecule is CCCCC(CC)C(=O)NC(C)(C)c1ccccc1. The second-order valence-electron chi connectivity index (χ2n) is 5.73. The fourth-order valence-corrected chi connectivity index (χ4v) is 2.31. The van der Waals surface area contributed by atoms with Crippen molar-refractivity contribution < 1.29 is 4.79 Å². The number of hydrogen-bond acceptors (Lipinski definition) is 1. The van der Waals surface area contributed by atoms with Crippen LogP contribution in [0.3, 0.4) is 0 Å². The average Bonchev–Trinajstić information content (AvgIpc) is 2.40. The van der Waals surface area contributed by atoms with Crippen molar-refractivity contribution in [1.29, 1.82) is 0 Å². The number of amides is 1. The molecule has 0 aliphatic rings. The van der Waals surface area contributed by atoms with Crippen LogP contribution in [-0.4, -0.2) is 5.91 Å². The Kier molecular flexibility index (Phi) is 6.07. The summed E-state index contributed by atoms with van der Waals surface area (Å²) in [5, 5.41) is 3.19. The molecule has 0 saturated heterocycles. The summed E-state index contributed by atoms with van der Waals surface area (Å²) in [6, 6.07) is 10.1. The third-order valence-corrected chi connectivity index (χ3v) is 3.70. The monoisotopic (exact) mass is 261 g/mol. The first kappa shape index (κ1) is 15.7. The normalized spacial score (nSPS) is 13.1. The number of unbranched alkanes of at least 4 members (excludes halogenated alkanes) is 1. The number of rotatable bonds is 7.